The molecular formula is C26H21F3N4O2. The second-order valence-electron chi connectivity index (χ2n) is 8.23. The lowest BCUT2D eigenvalue weighted by Crippen LogP contribution is -2.48. The molecule has 0 saturated carbocycles. The summed E-state index contributed by atoms with van der Waals surface area (Å²) in [6.45, 7) is 1.98. The monoisotopic (exact) mass is 478 g/mol. The zero-order valence-corrected chi connectivity index (χ0v) is 18.6. The van der Waals surface area contributed by atoms with E-state index in [0.717, 1.165) is 28.5 Å². The van der Waals surface area contributed by atoms with Crippen LogP contribution in [0.4, 0.5) is 19.2 Å². The van der Waals surface area contributed by atoms with Crippen LogP contribution in [-0.2, 0) is 11.0 Å². The van der Waals surface area contributed by atoms with Crippen LogP contribution in [0, 0.1) is 0 Å². The van der Waals surface area contributed by atoms with Crippen LogP contribution < -0.4 is 4.90 Å². The molecule has 178 valence electrons. The molecule has 0 bridgehead atoms. The highest BCUT2D eigenvalue weighted by Gasteiger charge is 2.30. The molecule has 1 fully saturated rings. The molecule has 2 heterocycles. The SMILES string of the molecule is O=C(/C=C/c1ccc(C(F)(F)F)cc1)N1CCN(c2nc(-c3ccc4ccccc4c3)no2)CC1. The van der Waals surface area contributed by atoms with Gasteiger partial charge in [-0.15, -0.1) is 0 Å². The van der Waals surface area contributed by atoms with E-state index in [1.54, 1.807) is 4.90 Å². The summed E-state index contributed by atoms with van der Waals surface area (Å²) in [6, 6.07) is 19.1. The maximum Gasteiger partial charge on any atom is 0.416 e. The predicted octanol–water partition coefficient (Wildman–Crippen LogP) is 5.27. The molecule has 0 unspecified atom stereocenters. The third-order valence-corrected chi connectivity index (χ3v) is 5.94. The topological polar surface area (TPSA) is 62.5 Å². The summed E-state index contributed by atoms with van der Waals surface area (Å²) in [4.78, 5) is 20.7. The van der Waals surface area contributed by atoms with E-state index in [4.69, 9.17) is 4.52 Å². The minimum Gasteiger partial charge on any atom is -0.336 e. The second kappa shape index (κ2) is 9.25. The van der Waals surface area contributed by atoms with Gasteiger partial charge in [0.2, 0.25) is 11.7 Å². The number of aromatic nitrogens is 2. The fourth-order valence-electron chi connectivity index (χ4n) is 3.96. The summed E-state index contributed by atoms with van der Waals surface area (Å²) in [6.07, 6.45) is -1.49. The lowest BCUT2D eigenvalue weighted by Gasteiger charge is -2.32. The summed E-state index contributed by atoms with van der Waals surface area (Å²) in [5.74, 6) is 0.302. The van der Waals surface area contributed by atoms with Gasteiger partial charge in [-0.2, -0.15) is 18.2 Å². The lowest BCUT2D eigenvalue weighted by molar-refractivity contribution is -0.137. The highest BCUT2D eigenvalue weighted by Crippen LogP contribution is 2.29. The average Bonchev–Trinajstić information content (AvgIpc) is 3.37. The van der Waals surface area contributed by atoms with Crippen LogP contribution in [0.15, 0.2) is 77.3 Å². The molecule has 0 aliphatic carbocycles. The van der Waals surface area contributed by atoms with E-state index < -0.39 is 11.7 Å². The number of anilines is 1. The number of carbonyl (C=O) groups is 1. The number of carbonyl (C=O) groups excluding carboxylic acids is 1. The van der Waals surface area contributed by atoms with Gasteiger partial charge in [0.15, 0.2) is 0 Å². The van der Waals surface area contributed by atoms with Crippen LogP contribution in [0.1, 0.15) is 11.1 Å². The molecule has 1 amide bonds. The maximum absolute atomic E-state index is 12.7. The standard InChI is InChI=1S/C26H21F3N4O2/c27-26(28,29)22-10-5-18(6-11-22)7-12-23(34)32-13-15-33(16-14-32)25-30-24(31-35-25)21-9-8-19-3-1-2-4-20(19)17-21/h1-12,17H,13-16H2/b12-7+. The van der Waals surface area contributed by atoms with Crippen LogP contribution in [0.25, 0.3) is 28.2 Å². The summed E-state index contributed by atoms with van der Waals surface area (Å²) in [5, 5.41) is 6.34. The number of halogens is 3. The van der Waals surface area contributed by atoms with Crippen LogP contribution in [0.3, 0.4) is 0 Å². The summed E-state index contributed by atoms with van der Waals surface area (Å²) < 4.78 is 43.5. The molecule has 4 aromatic rings. The van der Waals surface area contributed by atoms with Crippen LogP contribution in [0.5, 0.6) is 0 Å². The third kappa shape index (κ3) is 5.03. The van der Waals surface area contributed by atoms with Gasteiger partial charge < -0.3 is 14.3 Å². The van der Waals surface area contributed by atoms with Crippen molar-refractivity contribution in [1.82, 2.24) is 15.0 Å². The number of amides is 1. The van der Waals surface area contributed by atoms with Crippen molar-refractivity contribution in [1.29, 1.82) is 0 Å². The zero-order chi connectivity index (χ0) is 24.4. The van der Waals surface area contributed by atoms with Gasteiger partial charge in [0, 0.05) is 37.8 Å². The summed E-state index contributed by atoms with van der Waals surface area (Å²) in [5.41, 5.74) is 0.667. The van der Waals surface area contributed by atoms with E-state index in [-0.39, 0.29) is 5.91 Å². The van der Waals surface area contributed by atoms with E-state index in [0.29, 0.717) is 43.6 Å². The van der Waals surface area contributed by atoms with E-state index in [2.05, 4.69) is 10.1 Å². The largest absolute Gasteiger partial charge is 0.416 e. The molecule has 6 nitrogen and oxygen atoms in total. The maximum atomic E-state index is 12.7. The first-order valence-electron chi connectivity index (χ1n) is 11.1. The minimum atomic E-state index is -4.38. The van der Waals surface area contributed by atoms with Gasteiger partial charge in [-0.3, -0.25) is 4.79 Å². The van der Waals surface area contributed by atoms with Crippen molar-refractivity contribution in [2.45, 2.75) is 6.18 Å². The fraction of sp³-hybridized carbons (Fsp3) is 0.192. The molecule has 5 rings (SSSR count). The van der Waals surface area contributed by atoms with E-state index in [1.165, 1.54) is 24.3 Å². The zero-order valence-electron chi connectivity index (χ0n) is 18.6. The van der Waals surface area contributed by atoms with Crippen LogP contribution in [-0.4, -0.2) is 47.1 Å². The molecule has 35 heavy (non-hydrogen) atoms. The van der Waals surface area contributed by atoms with E-state index in [9.17, 15) is 18.0 Å². The van der Waals surface area contributed by atoms with Crippen molar-refractivity contribution >= 4 is 28.8 Å². The predicted molar refractivity (Wildman–Crippen MR) is 127 cm³/mol. The van der Waals surface area contributed by atoms with Crippen molar-refractivity contribution in [3.8, 4) is 11.4 Å². The Balaban J connectivity index is 1.18. The van der Waals surface area contributed by atoms with Gasteiger partial charge in [-0.05, 0) is 40.6 Å². The highest BCUT2D eigenvalue weighted by molar-refractivity contribution is 5.92. The normalized spacial score (nSPS) is 14.7. The third-order valence-electron chi connectivity index (χ3n) is 5.94. The number of nitrogens with zero attached hydrogens (tertiary/aromatic N) is 4. The fourth-order valence-corrected chi connectivity index (χ4v) is 3.96. The van der Waals surface area contributed by atoms with E-state index >= 15 is 0 Å². The number of hydrogen-bond acceptors (Lipinski definition) is 5. The number of fused-ring (bicyclic) bond motifs is 1. The van der Waals surface area contributed by atoms with Crippen LogP contribution in [0.2, 0.25) is 0 Å². The number of hydrogen-bond donors (Lipinski definition) is 0. The van der Waals surface area contributed by atoms with Crippen molar-refractivity contribution in [2.24, 2.45) is 0 Å². The number of alkyl halides is 3. The summed E-state index contributed by atoms with van der Waals surface area (Å²) in [7, 11) is 0. The van der Waals surface area contributed by atoms with Gasteiger partial charge in [-0.25, -0.2) is 0 Å². The molecule has 0 radical (unpaired) electrons. The van der Waals surface area contributed by atoms with Gasteiger partial charge in [0.05, 0.1) is 5.56 Å². The van der Waals surface area contributed by atoms with Crippen molar-refractivity contribution in [3.63, 3.8) is 0 Å². The molecule has 3 aromatic carbocycles. The highest BCUT2D eigenvalue weighted by atomic mass is 19.4. The Morgan fingerprint density at radius 1 is 0.914 bits per heavy atom. The minimum absolute atomic E-state index is 0.202. The number of rotatable bonds is 4. The van der Waals surface area contributed by atoms with E-state index in [1.807, 2.05) is 47.4 Å². The Morgan fingerprint density at radius 2 is 1.63 bits per heavy atom. The molecule has 0 atom stereocenters. The van der Waals surface area contributed by atoms with Crippen molar-refractivity contribution in [3.05, 3.63) is 83.9 Å². The average molecular weight is 478 g/mol. The molecular weight excluding hydrogens is 457 g/mol. The molecule has 1 aliphatic heterocycles. The van der Waals surface area contributed by atoms with Crippen molar-refractivity contribution < 1.29 is 22.5 Å². The Labute approximate surface area is 199 Å². The molecule has 1 saturated heterocycles. The molecule has 9 heteroatoms. The van der Waals surface area contributed by atoms with Crippen molar-refractivity contribution in [2.75, 3.05) is 31.1 Å². The van der Waals surface area contributed by atoms with Gasteiger partial charge in [0.25, 0.3) is 0 Å². The Kier molecular flexibility index (Phi) is 5.98. The van der Waals surface area contributed by atoms with Gasteiger partial charge in [-0.1, -0.05) is 53.7 Å². The number of benzene rings is 3. The second-order valence-corrected chi connectivity index (χ2v) is 8.23. The smallest absolute Gasteiger partial charge is 0.336 e. The lowest BCUT2D eigenvalue weighted by atomic mass is 10.1. The molecule has 1 aromatic heterocycles. The van der Waals surface area contributed by atoms with Gasteiger partial charge in [0.1, 0.15) is 0 Å². The van der Waals surface area contributed by atoms with Crippen LogP contribution >= 0.6 is 0 Å². The Bertz CT molecular complexity index is 1370. The Hall–Kier alpha value is -4.14. The molecule has 0 N–H and O–H groups in total. The quantitative estimate of drug-likeness (QED) is 0.374. The summed E-state index contributed by atoms with van der Waals surface area (Å²) >= 11 is 0. The number of piperazine rings is 1. The first-order valence-corrected chi connectivity index (χ1v) is 11.1. The molecule has 0 spiro atoms. The Morgan fingerprint density at radius 3 is 2.34 bits per heavy atom. The first kappa shape index (κ1) is 22.6. The van der Waals surface area contributed by atoms with Gasteiger partial charge >= 0.3 is 12.2 Å². The first-order chi connectivity index (χ1) is 16.9. The molecule has 1 aliphatic rings.